The molecule has 0 aromatic rings. The summed E-state index contributed by atoms with van der Waals surface area (Å²) in [6.45, 7) is 3.70. The maximum atomic E-state index is 5.75. The topological polar surface area (TPSA) is 0 Å². The van der Waals surface area contributed by atoms with Crippen LogP contribution in [-0.2, 0) is 0 Å². The van der Waals surface area contributed by atoms with Crippen LogP contribution in [0.1, 0.15) is 44.9 Å². The fourth-order valence-electron chi connectivity index (χ4n) is 1.29. The van der Waals surface area contributed by atoms with Gasteiger partial charge in [-0.3, -0.25) is 0 Å². The molecule has 0 nitrogen and oxygen atoms in total. The van der Waals surface area contributed by atoms with E-state index in [1.165, 1.54) is 44.9 Å². The van der Waals surface area contributed by atoms with Gasteiger partial charge in [-0.25, -0.2) is 0 Å². The summed E-state index contributed by atoms with van der Waals surface area (Å²) in [6.07, 6.45) is 11.0. The summed E-state index contributed by atoms with van der Waals surface area (Å²) in [5.74, 6) is 0. The molecular weight excluding hydrogens is 318 g/mol. The van der Waals surface area contributed by atoms with Crippen molar-refractivity contribution in [1.82, 2.24) is 0 Å². The van der Waals surface area contributed by atoms with E-state index in [1.54, 1.807) is 0 Å². The van der Waals surface area contributed by atoms with Gasteiger partial charge in [-0.15, -0.1) is 6.58 Å². The predicted octanol–water partition coefficient (Wildman–Crippen LogP) is 5.06. The Labute approximate surface area is 123 Å². The Morgan fingerprint density at radius 1 is 0.938 bits per heavy atom. The summed E-state index contributed by atoms with van der Waals surface area (Å²) in [5, 5.41) is 0. The lowest BCUT2D eigenvalue weighted by atomic mass is 10.1. The van der Waals surface area contributed by atoms with Gasteiger partial charge in [0.15, 0.2) is 0 Å². The minimum Gasteiger partial charge on any atom is -0.155 e. The van der Waals surface area contributed by atoms with Crippen LogP contribution in [0.4, 0.5) is 0 Å². The molecule has 6 heteroatoms. The quantitative estimate of drug-likeness (QED) is 0.238. The molecule has 0 aliphatic heterocycles. The molecule has 0 saturated carbocycles. The van der Waals surface area contributed by atoms with Gasteiger partial charge >= 0.3 is 0 Å². The van der Waals surface area contributed by atoms with E-state index < -0.39 is 15.6 Å². The van der Waals surface area contributed by atoms with Crippen LogP contribution in [0.5, 0.6) is 0 Å². The van der Waals surface area contributed by atoms with Crippen LogP contribution in [0, 0.1) is 0 Å². The van der Waals surface area contributed by atoms with E-state index >= 15 is 0 Å². The number of rotatable bonds is 9. The summed E-state index contributed by atoms with van der Waals surface area (Å²) in [6, 6.07) is 1.08. The first-order valence-corrected chi connectivity index (χ1v) is 14.3. The van der Waals surface area contributed by atoms with E-state index in [0.29, 0.717) is 0 Å². The Bertz CT molecular complexity index is 134. The third kappa shape index (κ3) is 24.5. The highest BCUT2D eigenvalue weighted by molar-refractivity contribution is 7.33. The molecule has 0 saturated heterocycles. The fraction of sp³-hybridized carbons (Fsp3) is 0.800. The highest BCUT2D eigenvalue weighted by Crippen LogP contribution is 2.12. The minimum atomic E-state index is -1.31. The van der Waals surface area contributed by atoms with Crippen molar-refractivity contribution in [3.05, 3.63) is 12.7 Å². The molecule has 98 valence electrons. The van der Waals surface area contributed by atoms with Gasteiger partial charge in [0, 0.05) is 0 Å². The van der Waals surface area contributed by atoms with E-state index in [-0.39, 0.29) is 0 Å². The van der Waals surface area contributed by atoms with Gasteiger partial charge in [0.2, 0.25) is 15.6 Å². The second-order valence-electron chi connectivity index (χ2n) is 3.48. The predicted molar refractivity (Wildman–Crippen MR) is 86.4 cm³/mol. The summed E-state index contributed by atoms with van der Waals surface area (Å²) >= 11 is 21.3. The molecule has 0 unspecified atom stereocenters. The summed E-state index contributed by atoms with van der Waals surface area (Å²) < 4.78 is 0. The van der Waals surface area contributed by atoms with E-state index in [1.807, 2.05) is 6.08 Å². The number of hydrogen-bond donors (Lipinski definition) is 0. The summed E-state index contributed by atoms with van der Waals surface area (Å²) in [5.41, 5.74) is 0. The van der Waals surface area contributed by atoms with Gasteiger partial charge in [-0.2, -0.15) is 44.3 Å². The zero-order valence-electron chi connectivity index (χ0n) is 9.74. The Kier molecular flexibility index (Phi) is 23.0. The third-order valence-corrected chi connectivity index (χ3v) is 4.23. The first kappa shape index (κ1) is 19.7. The molecule has 0 aromatic carbocycles. The Hall–Kier alpha value is 1.33. The number of allylic oxidation sites excluding steroid dienone is 1. The number of halogens is 4. The standard InChI is InChI=1S/C10H20Cl2Si.Cl2H2Si/c1-2-3-4-5-6-7-8-9-10-13(11)12;1-3-2/h2,13H,1,3-10H2;3H2. The number of unbranched alkanes of at least 4 members (excludes halogenated alkanes) is 6. The molecule has 0 bridgehead atoms. The maximum Gasteiger partial charge on any atom is 0.237 e. The first-order valence-electron chi connectivity index (χ1n) is 5.70. The molecule has 16 heavy (non-hydrogen) atoms. The molecule has 0 amide bonds. The van der Waals surface area contributed by atoms with Crippen molar-refractivity contribution in [3.8, 4) is 0 Å². The average molecular weight is 340 g/mol. The average Bonchev–Trinajstić information content (AvgIpc) is 2.23. The lowest BCUT2D eigenvalue weighted by molar-refractivity contribution is 0.611. The Morgan fingerprint density at radius 2 is 1.38 bits per heavy atom. The Morgan fingerprint density at radius 3 is 1.81 bits per heavy atom. The Balaban J connectivity index is 0. The molecule has 0 rings (SSSR count). The molecule has 0 spiro atoms. The van der Waals surface area contributed by atoms with Crippen LogP contribution in [0.25, 0.3) is 0 Å². The lowest BCUT2D eigenvalue weighted by Gasteiger charge is -2.00. The van der Waals surface area contributed by atoms with Crippen LogP contribution < -0.4 is 0 Å². The molecule has 0 aliphatic carbocycles. The number of hydrogen-bond acceptors (Lipinski definition) is 0. The van der Waals surface area contributed by atoms with Crippen molar-refractivity contribution >= 4 is 59.9 Å². The SMILES string of the molecule is C=CCCCCCCCC[SiH](Cl)Cl.Cl[SiH2]Cl. The smallest absolute Gasteiger partial charge is 0.155 e. The van der Waals surface area contributed by atoms with Crippen molar-refractivity contribution in [2.45, 2.75) is 51.0 Å². The molecule has 0 aromatic heterocycles. The first-order chi connectivity index (χ1) is 7.68. The largest absolute Gasteiger partial charge is 0.237 e. The van der Waals surface area contributed by atoms with Gasteiger partial charge in [-0.1, -0.05) is 38.2 Å². The second kappa shape index (κ2) is 18.7. The van der Waals surface area contributed by atoms with Crippen molar-refractivity contribution in [2.75, 3.05) is 0 Å². The van der Waals surface area contributed by atoms with Gasteiger partial charge in [0.05, 0.1) is 0 Å². The molecule has 0 N–H and O–H groups in total. The van der Waals surface area contributed by atoms with Crippen LogP contribution in [-0.4, -0.2) is 15.6 Å². The van der Waals surface area contributed by atoms with Crippen LogP contribution in [0.15, 0.2) is 12.7 Å². The molecule has 0 aliphatic rings. The summed E-state index contributed by atoms with van der Waals surface area (Å²) in [7, 11) is -1.95. The van der Waals surface area contributed by atoms with E-state index in [0.717, 1.165) is 6.04 Å². The van der Waals surface area contributed by atoms with E-state index in [4.69, 9.17) is 44.3 Å². The van der Waals surface area contributed by atoms with Crippen LogP contribution in [0.2, 0.25) is 6.04 Å². The zero-order valence-corrected chi connectivity index (χ0v) is 15.3. The van der Waals surface area contributed by atoms with Gasteiger partial charge in [0.1, 0.15) is 0 Å². The van der Waals surface area contributed by atoms with Crippen LogP contribution >= 0.6 is 44.3 Å². The zero-order chi connectivity index (χ0) is 12.6. The van der Waals surface area contributed by atoms with Crippen LogP contribution in [0.3, 0.4) is 0 Å². The highest BCUT2D eigenvalue weighted by Gasteiger charge is 2.00. The van der Waals surface area contributed by atoms with E-state index in [9.17, 15) is 0 Å². The minimum absolute atomic E-state index is 0.639. The lowest BCUT2D eigenvalue weighted by Crippen LogP contribution is -1.90. The van der Waals surface area contributed by atoms with Crippen molar-refractivity contribution < 1.29 is 0 Å². The van der Waals surface area contributed by atoms with Gasteiger partial charge < -0.3 is 0 Å². The molecule has 0 atom stereocenters. The highest BCUT2D eigenvalue weighted by atomic mass is 35.7. The third-order valence-electron chi connectivity index (χ3n) is 2.08. The van der Waals surface area contributed by atoms with Crippen molar-refractivity contribution in [3.63, 3.8) is 0 Å². The maximum absolute atomic E-state index is 5.75. The van der Waals surface area contributed by atoms with Gasteiger partial charge in [-0.05, 0) is 18.9 Å². The van der Waals surface area contributed by atoms with Crippen molar-refractivity contribution in [2.24, 2.45) is 0 Å². The fourth-order valence-corrected chi connectivity index (χ4v) is 2.82. The van der Waals surface area contributed by atoms with E-state index in [2.05, 4.69) is 6.58 Å². The molecule has 0 radical (unpaired) electrons. The van der Waals surface area contributed by atoms with Gasteiger partial charge in [0.25, 0.3) is 0 Å². The molecular formula is C10H22Cl4Si2. The molecule has 0 heterocycles. The monoisotopic (exact) mass is 338 g/mol. The normalized spacial score (nSPS) is 9.81. The second-order valence-corrected chi connectivity index (χ2v) is 11.3. The molecule has 0 fully saturated rings. The summed E-state index contributed by atoms with van der Waals surface area (Å²) in [4.78, 5) is 0. The van der Waals surface area contributed by atoms with Crippen molar-refractivity contribution in [1.29, 1.82) is 0 Å².